The highest BCUT2D eigenvalue weighted by Gasteiger charge is 2.48. The number of carboxylic acids is 1. The number of aryl methyl sites for hydroxylation is 2. The molecular weight excluding hydrogens is 611 g/mol. The molecule has 0 bridgehead atoms. The van der Waals surface area contributed by atoms with Crippen molar-refractivity contribution in [1.29, 1.82) is 0 Å². The lowest BCUT2D eigenvalue weighted by molar-refractivity contribution is -0.143. The Bertz CT molecular complexity index is 1540. The quantitative estimate of drug-likeness (QED) is 0.168. The summed E-state index contributed by atoms with van der Waals surface area (Å²) in [6.45, 7) is 4.87. The fourth-order valence-electron chi connectivity index (χ4n) is 6.37. The molecule has 3 aromatic rings. The predicted octanol–water partition coefficient (Wildman–Crippen LogP) is 5.17. The lowest BCUT2D eigenvalue weighted by atomic mass is 9.82. The highest BCUT2D eigenvalue weighted by molar-refractivity contribution is 5.94. The van der Waals surface area contributed by atoms with Crippen LogP contribution >= 0.6 is 0 Å². The first-order valence-corrected chi connectivity index (χ1v) is 15.6. The molecule has 0 saturated carbocycles. The monoisotopic (exact) mass is 652 g/mol. The Labute approximate surface area is 273 Å². The fourth-order valence-corrected chi connectivity index (χ4v) is 6.37. The van der Waals surface area contributed by atoms with E-state index >= 15 is 0 Å². The number of carbonyl (C=O) groups excluding carboxylic acids is 1. The van der Waals surface area contributed by atoms with Gasteiger partial charge in [-0.2, -0.15) is 0 Å². The van der Waals surface area contributed by atoms with Gasteiger partial charge in [0.1, 0.15) is 11.6 Å². The standard InChI is InChI=1S/C35H41FN2O9/c1-5-21-13-25(36)14-22(6-2)32(21)37-30(39)18-38-17-27(24-15-28(43-4)34-29(16-24)46-20-47-34)31(35(40)41)33(38)23-7-9-26(10-8-23)45-19-44-12-11-42-3/h7-10,13-16,27,31,33H,5-6,11-12,17-20H2,1-4H3,(H,37,39)(H,40,41)/t27-,31-,33+/m1/s1. The van der Waals surface area contributed by atoms with E-state index < -0.39 is 23.8 Å². The number of carbonyl (C=O) groups is 2. The molecule has 0 aliphatic carbocycles. The van der Waals surface area contributed by atoms with Crippen molar-refractivity contribution >= 4 is 17.6 Å². The van der Waals surface area contributed by atoms with E-state index in [-0.39, 0.29) is 38.4 Å². The minimum atomic E-state index is -1.01. The Balaban J connectivity index is 1.46. The third kappa shape index (κ3) is 7.61. The van der Waals surface area contributed by atoms with Crippen molar-refractivity contribution in [2.45, 2.75) is 38.6 Å². The number of methoxy groups -OCH3 is 2. The SMILES string of the molecule is CCc1cc(F)cc(CC)c1NC(=O)CN1C[C@H](c2cc(OC)c3c(c2)OCO3)[C@@H](C(=O)O)[C@@H]1c1ccc(OCOCCOC)cc1. The summed E-state index contributed by atoms with van der Waals surface area (Å²) < 4.78 is 47.1. The molecule has 47 heavy (non-hydrogen) atoms. The predicted molar refractivity (Wildman–Crippen MR) is 171 cm³/mol. The number of nitrogens with zero attached hydrogens (tertiary/aromatic N) is 1. The number of amides is 1. The second kappa shape index (κ2) is 15.5. The van der Waals surface area contributed by atoms with Gasteiger partial charge in [-0.3, -0.25) is 14.5 Å². The van der Waals surface area contributed by atoms with Crippen LogP contribution in [-0.4, -0.2) is 76.0 Å². The number of carboxylic acid groups (broad SMARTS) is 1. The Morgan fingerprint density at radius 2 is 1.72 bits per heavy atom. The maximum atomic E-state index is 14.3. The van der Waals surface area contributed by atoms with Gasteiger partial charge < -0.3 is 38.8 Å². The third-order valence-corrected chi connectivity index (χ3v) is 8.59. The average Bonchev–Trinajstić information content (AvgIpc) is 3.70. The van der Waals surface area contributed by atoms with Gasteiger partial charge in [-0.15, -0.1) is 0 Å². The zero-order valence-electron chi connectivity index (χ0n) is 27.0. The number of rotatable bonds is 15. The summed E-state index contributed by atoms with van der Waals surface area (Å²) in [5.74, 6) is -1.21. The largest absolute Gasteiger partial charge is 0.493 e. The summed E-state index contributed by atoms with van der Waals surface area (Å²) >= 11 is 0. The minimum Gasteiger partial charge on any atom is -0.493 e. The number of hydrogen-bond acceptors (Lipinski definition) is 9. The summed E-state index contributed by atoms with van der Waals surface area (Å²) in [7, 11) is 3.10. The number of nitrogens with one attached hydrogen (secondary N) is 1. The number of likely N-dealkylation sites (tertiary alicyclic amines) is 1. The van der Waals surface area contributed by atoms with E-state index in [2.05, 4.69) is 5.32 Å². The molecule has 0 aromatic heterocycles. The molecule has 0 spiro atoms. The minimum absolute atomic E-state index is 0.0335. The number of anilines is 1. The normalized spacial score (nSPS) is 18.7. The first kappa shape index (κ1) is 34.0. The van der Waals surface area contributed by atoms with Crippen LogP contribution in [0.3, 0.4) is 0 Å². The molecule has 11 nitrogen and oxygen atoms in total. The maximum Gasteiger partial charge on any atom is 0.309 e. The van der Waals surface area contributed by atoms with Crippen LogP contribution in [0, 0.1) is 11.7 Å². The topological polar surface area (TPSA) is 125 Å². The van der Waals surface area contributed by atoms with Crippen LogP contribution in [0.5, 0.6) is 23.0 Å². The van der Waals surface area contributed by atoms with Crippen LogP contribution in [0.25, 0.3) is 0 Å². The van der Waals surface area contributed by atoms with Crippen molar-refractivity contribution in [3.63, 3.8) is 0 Å². The smallest absolute Gasteiger partial charge is 0.309 e. The van der Waals surface area contributed by atoms with Crippen molar-refractivity contribution < 1.29 is 47.5 Å². The molecule has 2 aliphatic rings. The van der Waals surface area contributed by atoms with Gasteiger partial charge in [-0.05, 0) is 71.5 Å². The van der Waals surface area contributed by atoms with E-state index in [1.807, 2.05) is 30.9 Å². The van der Waals surface area contributed by atoms with Gasteiger partial charge in [0.05, 0.1) is 32.8 Å². The molecule has 3 atom stereocenters. The number of aliphatic carboxylic acids is 1. The zero-order chi connectivity index (χ0) is 33.5. The van der Waals surface area contributed by atoms with Gasteiger partial charge >= 0.3 is 5.97 Å². The molecule has 0 radical (unpaired) electrons. The molecule has 1 amide bonds. The molecule has 5 rings (SSSR count). The van der Waals surface area contributed by atoms with E-state index in [9.17, 15) is 19.1 Å². The lowest BCUT2D eigenvalue weighted by Gasteiger charge is -2.27. The fraction of sp³-hybridized carbons (Fsp3) is 0.429. The highest BCUT2D eigenvalue weighted by Crippen LogP contribution is 2.50. The van der Waals surface area contributed by atoms with Gasteiger partial charge in [-0.1, -0.05) is 26.0 Å². The maximum absolute atomic E-state index is 14.3. The molecular formula is C35H41FN2O9. The van der Waals surface area contributed by atoms with Gasteiger partial charge in [0, 0.05) is 31.3 Å². The number of hydrogen-bond donors (Lipinski definition) is 2. The Morgan fingerprint density at radius 3 is 2.36 bits per heavy atom. The van der Waals surface area contributed by atoms with E-state index in [4.69, 9.17) is 28.4 Å². The third-order valence-electron chi connectivity index (χ3n) is 8.59. The molecule has 1 saturated heterocycles. The zero-order valence-corrected chi connectivity index (χ0v) is 27.0. The van der Waals surface area contributed by atoms with Crippen molar-refractivity contribution in [1.82, 2.24) is 4.90 Å². The summed E-state index contributed by atoms with van der Waals surface area (Å²) in [5, 5.41) is 13.7. The van der Waals surface area contributed by atoms with E-state index in [1.165, 1.54) is 19.2 Å². The number of fused-ring (bicyclic) bond motifs is 1. The van der Waals surface area contributed by atoms with Crippen LogP contribution in [-0.2, 0) is 31.9 Å². The van der Waals surface area contributed by atoms with Gasteiger partial charge in [0.2, 0.25) is 18.4 Å². The van der Waals surface area contributed by atoms with Gasteiger partial charge in [0.15, 0.2) is 18.3 Å². The van der Waals surface area contributed by atoms with Crippen LogP contribution in [0.2, 0.25) is 0 Å². The van der Waals surface area contributed by atoms with Crippen LogP contribution < -0.4 is 24.3 Å². The molecule has 12 heteroatoms. The van der Waals surface area contributed by atoms with E-state index in [1.54, 1.807) is 31.4 Å². The molecule has 2 N–H and O–H groups in total. The van der Waals surface area contributed by atoms with Gasteiger partial charge in [-0.25, -0.2) is 4.39 Å². The molecule has 3 aromatic carbocycles. The Morgan fingerprint density at radius 1 is 1.00 bits per heavy atom. The first-order chi connectivity index (χ1) is 22.8. The number of ether oxygens (including phenoxy) is 6. The second-order valence-corrected chi connectivity index (χ2v) is 11.4. The highest BCUT2D eigenvalue weighted by atomic mass is 19.1. The summed E-state index contributed by atoms with van der Waals surface area (Å²) in [5.41, 5.74) is 3.39. The Kier molecular flexibility index (Phi) is 11.2. The molecule has 252 valence electrons. The van der Waals surface area contributed by atoms with Crippen molar-refractivity contribution in [3.8, 4) is 23.0 Å². The first-order valence-electron chi connectivity index (χ1n) is 15.6. The van der Waals surface area contributed by atoms with Crippen LogP contribution in [0.15, 0.2) is 48.5 Å². The molecule has 1 fully saturated rings. The van der Waals surface area contributed by atoms with E-state index in [0.29, 0.717) is 77.0 Å². The molecule has 0 unspecified atom stereocenters. The Hall–Kier alpha value is -4.39. The van der Waals surface area contributed by atoms with Gasteiger partial charge in [0.25, 0.3) is 0 Å². The van der Waals surface area contributed by atoms with E-state index in [0.717, 1.165) is 0 Å². The molecule has 2 heterocycles. The van der Waals surface area contributed by atoms with Crippen LogP contribution in [0.1, 0.15) is 48.1 Å². The number of benzene rings is 3. The van der Waals surface area contributed by atoms with Crippen LogP contribution in [0.4, 0.5) is 10.1 Å². The van der Waals surface area contributed by atoms with Crippen molar-refractivity contribution in [2.75, 3.05) is 59.4 Å². The lowest BCUT2D eigenvalue weighted by Crippen LogP contribution is -2.35. The average molecular weight is 653 g/mol. The summed E-state index contributed by atoms with van der Waals surface area (Å²) in [6.07, 6.45) is 1.07. The molecule has 2 aliphatic heterocycles. The van der Waals surface area contributed by atoms with Crippen molar-refractivity contribution in [2.24, 2.45) is 5.92 Å². The second-order valence-electron chi connectivity index (χ2n) is 11.4. The van der Waals surface area contributed by atoms with Crippen molar-refractivity contribution in [3.05, 3.63) is 76.6 Å². The summed E-state index contributed by atoms with van der Waals surface area (Å²) in [4.78, 5) is 28.6. The number of halogens is 1. The summed E-state index contributed by atoms with van der Waals surface area (Å²) in [6, 6.07) is 12.9.